The molecule has 0 aliphatic rings. The zero-order chi connectivity index (χ0) is 18.2. The van der Waals surface area contributed by atoms with Gasteiger partial charge in [-0.3, -0.25) is 9.78 Å². The highest BCUT2D eigenvalue weighted by molar-refractivity contribution is 5.94. The highest BCUT2D eigenvalue weighted by Crippen LogP contribution is 2.24. The summed E-state index contributed by atoms with van der Waals surface area (Å²) < 4.78 is 11.3. The van der Waals surface area contributed by atoms with E-state index in [0.717, 1.165) is 5.69 Å². The molecule has 0 aliphatic carbocycles. The molecule has 0 radical (unpaired) electrons. The van der Waals surface area contributed by atoms with Crippen LogP contribution in [-0.4, -0.2) is 29.0 Å². The maximum absolute atomic E-state index is 12.5. The van der Waals surface area contributed by atoms with Crippen LogP contribution in [-0.2, 0) is 4.79 Å². The van der Waals surface area contributed by atoms with Gasteiger partial charge in [-0.15, -0.1) is 0 Å². The van der Waals surface area contributed by atoms with Gasteiger partial charge in [-0.2, -0.15) is 0 Å². The van der Waals surface area contributed by atoms with Gasteiger partial charge in [-0.05, 0) is 37.3 Å². The molecule has 0 aliphatic heterocycles. The minimum Gasteiger partial charge on any atom is -0.484 e. The van der Waals surface area contributed by atoms with E-state index in [4.69, 9.17) is 9.47 Å². The molecule has 2 aromatic heterocycles. The molecule has 0 saturated heterocycles. The normalized spacial score (nSPS) is 10.2. The Kier molecular flexibility index (Phi) is 5.77. The van der Waals surface area contributed by atoms with Crippen molar-refractivity contribution in [3.8, 4) is 17.4 Å². The van der Waals surface area contributed by atoms with Crippen molar-refractivity contribution in [2.75, 3.05) is 18.1 Å². The van der Waals surface area contributed by atoms with Crippen molar-refractivity contribution in [1.82, 2.24) is 9.97 Å². The lowest BCUT2D eigenvalue weighted by Crippen LogP contribution is -2.34. The Morgan fingerprint density at radius 3 is 2.65 bits per heavy atom. The first-order chi connectivity index (χ1) is 12.8. The number of amides is 1. The van der Waals surface area contributed by atoms with E-state index in [2.05, 4.69) is 9.97 Å². The topological polar surface area (TPSA) is 64.6 Å². The summed E-state index contributed by atoms with van der Waals surface area (Å²) >= 11 is 0. The van der Waals surface area contributed by atoms with Crippen LogP contribution in [0.1, 0.15) is 6.92 Å². The molecule has 6 nitrogen and oxygen atoms in total. The third-order valence-electron chi connectivity index (χ3n) is 3.60. The molecule has 0 bridgehead atoms. The number of hydrogen-bond donors (Lipinski definition) is 0. The second kappa shape index (κ2) is 8.62. The molecule has 1 amide bonds. The van der Waals surface area contributed by atoms with Gasteiger partial charge in [0.1, 0.15) is 11.5 Å². The van der Waals surface area contributed by atoms with Crippen LogP contribution in [0.2, 0.25) is 0 Å². The molecule has 0 spiro atoms. The molecule has 2 heterocycles. The predicted molar refractivity (Wildman–Crippen MR) is 98.5 cm³/mol. The zero-order valence-corrected chi connectivity index (χ0v) is 14.4. The molecule has 0 atom stereocenters. The van der Waals surface area contributed by atoms with Crippen LogP contribution in [0.15, 0.2) is 73.2 Å². The minimum atomic E-state index is -0.142. The van der Waals surface area contributed by atoms with E-state index in [-0.39, 0.29) is 12.5 Å². The van der Waals surface area contributed by atoms with Gasteiger partial charge in [0.2, 0.25) is 5.88 Å². The van der Waals surface area contributed by atoms with Crippen molar-refractivity contribution >= 4 is 11.6 Å². The van der Waals surface area contributed by atoms with Gasteiger partial charge >= 0.3 is 0 Å². The number of likely N-dealkylation sites (N-methyl/N-ethyl adjacent to an activating group) is 1. The summed E-state index contributed by atoms with van der Waals surface area (Å²) in [6.45, 7) is 2.37. The monoisotopic (exact) mass is 349 g/mol. The standard InChI is InChI=1S/C20H19N3O3/c1-2-23(16-7-6-11-21-14-16)20(24)15-25-17-8-5-9-18(13-17)26-19-10-3-4-12-22-19/h3-14H,2,15H2,1H3. The molecule has 26 heavy (non-hydrogen) atoms. The molecule has 6 heteroatoms. The largest absolute Gasteiger partial charge is 0.484 e. The van der Waals surface area contributed by atoms with Crippen molar-refractivity contribution in [1.29, 1.82) is 0 Å². The Labute approximate surface area is 152 Å². The fourth-order valence-electron chi connectivity index (χ4n) is 2.40. The van der Waals surface area contributed by atoms with E-state index in [9.17, 15) is 4.79 Å². The fraction of sp³-hybridized carbons (Fsp3) is 0.150. The maximum Gasteiger partial charge on any atom is 0.264 e. The van der Waals surface area contributed by atoms with Crippen molar-refractivity contribution in [2.24, 2.45) is 0 Å². The molecule has 0 saturated carbocycles. The molecular weight excluding hydrogens is 330 g/mol. The summed E-state index contributed by atoms with van der Waals surface area (Å²) in [5.74, 6) is 1.49. The summed E-state index contributed by atoms with van der Waals surface area (Å²) in [4.78, 5) is 22.2. The second-order valence-corrected chi connectivity index (χ2v) is 5.38. The van der Waals surface area contributed by atoms with Gasteiger partial charge < -0.3 is 14.4 Å². The number of aromatic nitrogens is 2. The number of nitrogens with zero attached hydrogens (tertiary/aromatic N) is 3. The van der Waals surface area contributed by atoms with Gasteiger partial charge in [0.05, 0.1) is 11.9 Å². The lowest BCUT2D eigenvalue weighted by Gasteiger charge is -2.20. The van der Waals surface area contributed by atoms with E-state index in [1.165, 1.54) is 0 Å². The van der Waals surface area contributed by atoms with E-state index < -0.39 is 0 Å². The van der Waals surface area contributed by atoms with Crippen molar-refractivity contribution in [3.63, 3.8) is 0 Å². The fourth-order valence-corrected chi connectivity index (χ4v) is 2.40. The molecule has 0 fully saturated rings. The third kappa shape index (κ3) is 4.57. The molecule has 0 N–H and O–H groups in total. The number of benzene rings is 1. The average molecular weight is 349 g/mol. The number of pyridine rings is 2. The van der Waals surface area contributed by atoms with Crippen LogP contribution < -0.4 is 14.4 Å². The summed E-state index contributed by atoms with van der Waals surface area (Å²) in [5.41, 5.74) is 0.746. The van der Waals surface area contributed by atoms with Crippen LogP contribution in [0, 0.1) is 0 Å². The van der Waals surface area contributed by atoms with Crippen LogP contribution in [0.4, 0.5) is 5.69 Å². The second-order valence-electron chi connectivity index (χ2n) is 5.38. The van der Waals surface area contributed by atoms with Crippen LogP contribution >= 0.6 is 0 Å². The van der Waals surface area contributed by atoms with Gasteiger partial charge in [0, 0.05) is 31.1 Å². The summed E-state index contributed by atoms with van der Waals surface area (Å²) in [6.07, 6.45) is 4.99. The van der Waals surface area contributed by atoms with Crippen molar-refractivity contribution in [3.05, 3.63) is 73.2 Å². The minimum absolute atomic E-state index is 0.0736. The van der Waals surface area contributed by atoms with E-state index in [1.807, 2.05) is 25.1 Å². The number of ether oxygens (including phenoxy) is 2. The smallest absolute Gasteiger partial charge is 0.264 e. The predicted octanol–water partition coefficient (Wildman–Crippen LogP) is 3.70. The quantitative estimate of drug-likeness (QED) is 0.651. The van der Waals surface area contributed by atoms with Crippen molar-refractivity contribution < 1.29 is 14.3 Å². The summed E-state index contributed by atoms with van der Waals surface area (Å²) in [7, 11) is 0. The van der Waals surface area contributed by atoms with Gasteiger partial charge in [-0.1, -0.05) is 12.1 Å². The maximum atomic E-state index is 12.5. The van der Waals surface area contributed by atoms with Crippen LogP contribution in [0.3, 0.4) is 0 Å². The SMILES string of the molecule is CCN(C(=O)COc1cccc(Oc2ccccn2)c1)c1cccnc1. The average Bonchev–Trinajstić information content (AvgIpc) is 2.69. The van der Waals surface area contributed by atoms with Crippen molar-refractivity contribution in [2.45, 2.75) is 6.92 Å². The first kappa shape index (κ1) is 17.4. The van der Waals surface area contributed by atoms with Gasteiger partial charge in [0.15, 0.2) is 6.61 Å². The number of rotatable bonds is 7. The molecule has 3 aromatic rings. The Balaban J connectivity index is 1.62. The van der Waals surface area contributed by atoms with E-state index in [0.29, 0.717) is 23.9 Å². The molecule has 1 aromatic carbocycles. The Morgan fingerprint density at radius 1 is 1.04 bits per heavy atom. The lowest BCUT2D eigenvalue weighted by molar-refractivity contribution is -0.120. The first-order valence-corrected chi connectivity index (χ1v) is 8.28. The molecular formula is C20H19N3O3. The van der Waals surface area contributed by atoms with Crippen LogP contribution in [0.5, 0.6) is 17.4 Å². The first-order valence-electron chi connectivity index (χ1n) is 8.28. The van der Waals surface area contributed by atoms with E-state index >= 15 is 0 Å². The molecule has 0 unspecified atom stereocenters. The third-order valence-corrected chi connectivity index (χ3v) is 3.60. The van der Waals surface area contributed by atoms with Gasteiger partial charge in [0.25, 0.3) is 5.91 Å². The number of anilines is 1. The Hall–Kier alpha value is -3.41. The van der Waals surface area contributed by atoms with Gasteiger partial charge in [-0.25, -0.2) is 4.98 Å². The highest BCUT2D eigenvalue weighted by atomic mass is 16.5. The number of carbonyl (C=O) groups excluding carboxylic acids is 1. The Bertz CT molecular complexity index is 841. The number of carbonyl (C=O) groups is 1. The Morgan fingerprint density at radius 2 is 1.92 bits per heavy atom. The van der Waals surface area contributed by atoms with E-state index in [1.54, 1.807) is 59.9 Å². The lowest BCUT2D eigenvalue weighted by atomic mass is 10.3. The highest BCUT2D eigenvalue weighted by Gasteiger charge is 2.14. The summed E-state index contributed by atoms with van der Waals surface area (Å²) in [6, 6.07) is 16.2. The summed E-state index contributed by atoms with van der Waals surface area (Å²) in [5, 5.41) is 0. The zero-order valence-electron chi connectivity index (χ0n) is 14.4. The number of hydrogen-bond acceptors (Lipinski definition) is 5. The molecule has 3 rings (SSSR count). The molecule has 132 valence electrons. The van der Waals surface area contributed by atoms with Crippen LogP contribution in [0.25, 0.3) is 0 Å².